The Balaban J connectivity index is 2.96. The monoisotopic (exact) mass is 313 g/mol. The van der Waals surface area contributed by atoms with Gasteiger partial charge in [-0.25, -0.2) is 9.59 Å². The lowest BCUT2D eigenvalue weighted by Gasteiger charge is -2.32. The molecule has 2 N–H and O–H groups in total. The number of alkyl carbamates (subject to hydrolysis) is 1. The van der Waals surface area contributed by atoms with Gasteiger partial charge in [-0.2, -0.15) is 0 Å². The van der Waals surface area contributed by atoms with E-state index in [2.05, 4.69) is 5.32 Å². The van der Waals surface area contributed by atoms with Crippen LogP contribution in [0.3, 0.4) is 0 Å². The molecule has 0 aliphatic rings. The lowest BCUT2D eigenvalue weighted by atomic mass is 9.86. The van der Waals surface area contributed by atoms with Crippen LogP contribution in [0.15, 0.2) is 11.0 Å². The fourth-order valence-corrected chi connectivity index (χ4v) is 1.93. The molecule has 0 bridgehead atoms. The SMILES string of the molecule is Cn1cc(O)n(CC(NC(=O)OC(C)(C)C)C(C)(C)C)c1=O. The maximum absolute atomic E-state index is 12.0. The van der Waals surface area contributed by atoms with Crippen molar-refractivity contribution in [2.75, 3.05) is 0 Å². The molecule has 0 aromatic carbocycles. The van der Waals surface area contributed by atoms with Crippen molar-refractivity contribution in [3.8, 4) is 5.88 Å². The van der Waals surface area contributed by atoms with E-state index in [1.54, 1.807) is 27.8 Å². The summed E-state index contributed by atoms with van der Waals surface area (Å²) in [6, 6.07) is -0.381. The summed E-state index contributed by atoms with van der Waals surface area (Å²) in [4.78, 5) is 24.0. The van der Waals surface area contributed by atoms with Gasteiger partial charge in [0.2, 0.25) is 5.88 Å². The second-order valence-corrected chi connectivity index (χ2v) is 7.56. The first-order valence-electron chi connectivity index (χ1n) is 7.26. The van der Waals surface area contributed by atoms with Crippen LogP contribution < -0.4 is 11.0 Å². The van der Waals surface area contributed by atoms with Crippen molar-refractivity contribution in [2.24, 2.45) is 12.5 Å². The van der Waals surface area contributed by atoms with Crippen LogP contribution in [0, 0.1) is 5.41 Å². The fraction of sp³-hybridized carbons (Fsp3) is 0.733. The molecular formula is C15H27N3O4. The normalized spacial score (nSPS) is 13.8. The van der Waals surface area contributed by atoms with Crippen molar-refractivity contribution in [1.82, 2.24) is 14.5 Å². The quantitative estimate of drug-likeness (QED) is 0.891. The Hall–Kier alpha value is -1.92. The molecule has 0 aliphatic carbocycles. The summed E-state index contributed by atoms with van der Waals surface area (Å²) >= 11 is 0. The maximum Gasteiger partial charge on any atom is 0.407 e. The van der Waals surface area contributed by atoms with Gasteiger partial charge in [-0.05, 0) is 26.2 Å². The molecule has 7 nitrogen and oxygen atoms in total. The molecular weight excluding hydrogens is 286 g/mol. The van der Waals surface area contributed by atoms with Crippen molar-refractivity contribution < 1.29 is 14.6 Å². The lowest BCUT2D eigenvalue weighted by molar-refractivity contribution is 0.0452. The molecule has 1 unspecified atom stereocenters. The number of hydrogen-bond acceptors (Lipinski definition) is 4. The first kappa shape index (κ1) is 18.1. The van der Waals surface area contributed by atoms with Crippen LogP contribution in [-0.4, -0.2) is 32.0 Å². The largest absolute Gasteiger partial charge is 0.493 e. The highest BCUT2D eigenvalue weighted by Crippen LogP contribution is 2.22. The molecule has 0 radical (unpaired) electrons. The van der Waals surface area contributed by atoms with Gasteiger partial charge in [-0.1, -0.05) is 20.8 Å². The first-order valence-corrected chi connectivity index (χ1v) is 7.26. The summed E-state index contributed by atoms with van der Waals surface area (Å²) in [5.41, 5.74) is -1.26. The molecule has 0 spiro atoms. The number of aromatic nitrogens is 2. The molecule has 0 saturated heterocycles. The number of hydrogen-bond donors (Lipinski definition) is 2. The third kappa shape index (κ3) is 4.82. The van der Waals surface area contributed by atoms with Crippen LogP contribution >= 0.6 is 0 Å². The van der Waals surface area contributed by atoms with Crippen molar-refractivity contribution in [2.45, 2.75) is 59.7 Å². The smallest absolute Gasteiger partial charge is 0.407 e. The van der Waals surface area contributed by atoms with E-state index in [4.69, 9.17) is 4.74 Å². The summed E-state index contributed by atoms with van der Waals surface area (Å²) in [5.74, 6) is -0.132. The average Bonchev–Trinajstić information content (AvgIpc) is 2.51. The lowest BCUT2D eigenvalue weighted by Crippen LogP contribution is -2.49. The van der Waals surface area contributed by atoms with Crippen LogP contribution in [0.25, 0.3) is 0 Å². The van der Waals surface area contributed by atoms with Gasteiger partial charge in [0.05, 0.1) is 18.8 Å². The number of rotatable bonds is 3. The molecule has 1 rings (SSSR count). The van der Waals surface area contributed by atoms with E-state index in [0.29, 0.717) is 0 Å². The summed E-state index contributed by atoms with van der Waals surface area (Å²) in [7, 11) is 1.56. The minimum atomic E-state index is -0.599. The van der Waals surface area contributed by atoms with Crippen LogP contribution in [-0.2, 0) is 18.3 Å². The second-order valence-electron chi connectivity index (χ2n) is 7.56. The molecule has 1 aromatic rings. The van der Waals surface area contributed by atoms with E-state index in [9.17, 15) is 14.7 Å². The minimum Gasteiger partial charge on any atom is -0.493 e. The van der Waals surface area contributed by atoms with E-state index in [1.165, 1.54) is 15.3 Å². The van der Waals surface area contributed by atoms with Gasteiger partial charge < -0.3 is 15.2 Å². The molecule has 7 heteroatoms. The van der Waals surface area contributed by atoms with Gasteiger partial charge in [0, 0.05) is 7.05 Å². The van der Waals surface area contributed by atoms with E-state index in [1.807, 2.05) is 20.8 Å². The topological polar surface area (TPSA) is 85.5 Å². The fourth-order valence-electron chi connectivity index (χ4n) is 1.93. The van der Waals surface area contributed by atoms with Crippen LogP contribution in [0.2, 0.25) is 0 Å². The Morgan fingerprint density at radius 2 is 1.86 bits per heavy atom. The van der Waals surface area contributed by atoms with Gasteiger partial charge in [0.1, 0.15) is 5.60 Å². The molecule has 126 valence electrons. The Morgan fingerprint density at radius 1 is 1.32 bits per heavy atom. The van der Waals surface area contributed by atoms with Crippen molar-refractivity contribution in [3.05, 3.63) is 16.7 Å². The van der Waals surface area contributed by atoms with Gasteiger partial charge >= 0.3 is 11.8 Å². The van der Waals surface area contributed by atoms with Crippen molar-refractivity contribution in [1.29, 1.82) is 0 Å². The molecule has 0 fully saturated rings. The predicted molar refractivity (Wildman–Crippen MR) is 84.0 cm³/mol. The molecule has 1 aromatic heterocycles. The molecule has 1 atom stereocenters. The summed E-state index contributed by atoms with van der Waals surface area (Å²) in [6.45, 7) is 11.3. The number of ether oxygens (including phenoxy) is 1. The number of carbonyl (C=O) groups is 1. The summed E-state index contributed by atoms with van der Waals surface area (Å²) < 4.78 is 7.79. The summed E-state index contributed by atoms with van der Waals surface area (Å²) in [5, 5.41) is 12.6. The standard InChI is InChI=1S/C15H27N3O4/c1-14(2,3)10(16-12(20)22-15(4,5)6)8-18-11(19)9-17(7)13(18)21/h9-10,19H,8H2,1-7H3,(H,16,20). The number of aromatic hydroxyl groups is 1. The second kappa shape index (κ2) is 6.06. The number of amides is 1. The van der Waals surface area contributed by atoms with Gasteiger partial charge in [-0.3, -0.25) is 9.13 Å². The third-order valence-corrected chi connectivity index (χ3v) is 3.22. The van der Waals surface area contributed by atoms with Crippen LogP contribution in [0.4, 0.5) is 4.79 Å². The molecule has 22 heavy (non-hydrogen) atoms. The van der Waals surface area contributed by atoms with Gasteiger partial charge in [-0.15, -0.1) is 0 Å². The molecule has 1 heterocycles. The van der Waals surface area contributed by atoms with Gasteiger partial charge in [0.25, 0.3) is 0 Å². The highest BCUT2D eigenvalue weighted by atomic mass is 16.6. The zero-order valence-electron chi connectivity index (χ0n) is 14.4. The number of carbonyl (C=O) groups excluding carboxylic acids is 1. The number of nitrogens with zero attached hydrogens (tertiary/aromatic N) is 2. The van der Waals surface area contributed by atoms with Crippen LogP contribution in [0.1, 0.15) is 41.5 Å². The van der Waals surface area contributed by atoms with E-state index >= 15 is 0 Å². The Kier molecular flexibility index (Phi) is 4.99. The third-order valence-electron chi connectivity index (χ3n) is 3.22. The predicted octanol–water partition coefficient (Wildman–Crippen LogP) is 1.83. The highest BCUT2D eigenvalue weighted by Gasteiger charge is 2.30. The maximum atomic E-state index is 12.0. The van der Waals surface area contributed by atoms with Crippen molar-refractivity contribution in [3.63, 3.8) is 0 Å². The van der Waals surface area contributed by atoms with Crippen LogP contribution in [0.5, 0.6) is 5.88 Å². The Bertz CT molecular complexity index is 587. The van der Waals surface area contributed by atoms with Crippen molar-refractivity contribution >= 4 is 6.09 Å². The molecule has 0 saturated carbocycles. The van der Waals surface area contributed by atoms with E-state index in [-0.39, 0.29) is 29.6 Å². The number of nitrogens with one attached hydrogen (secondary N) is 1. The first-order chi connectivity index (χ1) is 9.81. The highest BCUT2D eigenvalue weighted by molar-refractivity contribution is 5.68. The zero-order valence-corrected chi connectivity index (χ0v) is 14.4. The van der Waals surface area contributed by atoms with Gasteiger partial charge in [0.15, 0.2) is 0 Å². The Labute approximate surface area is 130 Å². The number of imidazole rings is 1. The molecule has 1 amide bonds. The Morgan fingerprint density at radius 3 is 2.23 bits per heavy atom. The average molecular weight is 313 g/mol. The zero-order chi connectivity index (χ0) is 17.3. The summed E-state index contributed by atoms with van der Waals surface area (Å²) in [6.07, 6.45) is 0.797. The number of aryl methyl sites for hydroxylation is 1. The van der Waals surface area contributed by atoms with E-state index in [0.717, 1.165) is 0 Å². The molecule has 0 aliphatic heterocycles. The van der Waals surface area contributed by atoms with E-state index < -0.39 is 11.7 Å². The minimum absolute atomic E-state index is 0.132.